The number of benzene rings is 1. The summed E-state index contributed by atoms with van der Waals surface area (Å²) in [5.74, 6) is 0.950. The molecule has 0 spiro atoms. The summed E-state index contributed by atoms with van der Waals surface area (Å²) in [5.41, 5.74) is 10.7. The average molecular weight is 422 g/mol. The minimum atomic E-state index is 0.301. The Labute approximate surface area is 179 Å². The van der Waals surface area contributed by atoms with Crippen molar-refractivity contribution in [3.05, 3.63) is 35.7 Å². The van der Waals surface area contributed by atoms with E-state index in [2.05, 4.69) is 15.0 Å². The zero-order valence-corrected chi connectivity index (χ0v) is 17.6. The number of hydrogen-bond acceptors (Lipinski definition) is 5. The lowest BCUT2D eigenvalue weighted by Crippen LogP contribution is -2.55. The van der Waals surface area contributed by atoms with Crippen LogP contribution in [-0.2, 0) is 7.05 Å². The normalized spacial score (nSPS) is 24.1. The van der Waals surface area contributed by atoms with Gasteiger partial charge in [0, 0.05) is 54.1 Å². The smallest absolute Gasteiger partial charge is 0.159 e. The van der Waals surface area contributed by atoms with Crippen LogP contribution in [0.25, 0.3) is 33.2 Å². The van der Waals surface area contributed by atoms with E-state index in [9.17, 15) is 0 Å². The second kappa shape index (κ2) is 6.68. The third-order valence-electron chi connectivity index (χ3n) is 6.67. The van der Waals surface area contributed by atoms with Gasteiger partial charge in [0.25, 0.3) is 0 Å². The number of aromatic amines is 1. The fourth-order valence-corrected chi connectivity index (χ4v) is 5.71. The molecule has 4 aromatic rings. The van der Waals surface area contributed by atoms with E-state index in [1.54, 1.807) is 4.68 Å². The van der Waals surface area contributed by atoms with Gasteiger partial charge in [-0.25, -0.2) is 9.97 Å². The molecule has 8 heteroatoms. The molecule has 7 nitrogen and oxygen atoms in total. The van der Waals surface area contributed by atoms with Crippen LogP contribution in [0.4, 0.5) is 5.82 Å². The fraction of sp³-hybridized carbons (Fsp3) is 0.409. The molecular weight excluding hydrogens is 398 g/mol. The third kappa shape index (κ3) is 2.72. The molecule has 3 N–H and O–H groups in total. The third-order valence-corrected chi connectivity index (χ3v) is 7.08. The summed E-state index contributed by atoms with van der Waals surface area (Å²) in [4.78, 5) is 15.6. The van der Waals surface area contributed by atoms with Gasteiger partial charge in [0.1, 0.15) is 11.3 Å². The van der Waals surface area contributed by atoms with Crippen molar-refractivity contribution >= 4 is 39.5 Å². The van der Waals surface area contributed by atoms with Gasteiger partial charge in [0.15, 0.2) is 5.65 Å². The van der Waals surface area contributed by atoms with Crippen LogP contribution in [-0.4, -0.2) is 42.9 Å². The Kier molecular flexibility index (Phi) is 4.05. The largest absolute Gasteiger partial charge is 0.349 e. The highest BCUT2D eigenvalue weighted by atomic mass is 35.5. The van der Waals surface area contributed by atoms with Gasteiger partial charge in [0.2, 0.25) is 0 Å². The van der Waals surface area contributed by atoms with E-state index in [0.717, 1.165) is 51.9 Å². The standard InChI is InChI=1S/C22H24ClN7/c1-29-11-17-18(28-29)6-5-15(20(17)23)16-9-26-22-21(16)25-10-19(27-22)30-13-3-2-4-14(30)8-12(24)7-13/h5-6,9-14H,2-4,7-8,24H2,1H3,(H,26,27)/t12-,13+,14-. The molecule has 0 saturated carbocycles. The highest BCUT2D eigenvalue weighted by Gasteiger charge is 2.38. The number of aromatic nitrogens is 5. The van der Waals surface area contributed by atoms with Crippen LogP contribution in [0.1, 0.15) is 32.1 Å². The molecule has 3 aromatic heterocycles. The van der Waals surface area contributed by atoms with E-state index in [1.165, 1.54) is 19.3 Å². The van der Waals surface area contributed by atoms with Crippen LogP contribution in [0.3, 0.4) is 0 Å². The number of hydrogen-bond donors (Lipinski definition) is 2. The molecule has 3 atom stereocenters. The van der Waals surface area contributed by atoms with Crippen LogP contribution in [0.2, 0.25) is 5.02 Å². The first-order chi connectivity index (χ1) is 14.6. The van der Waals surface area contributed by atoms with Crippen LogP contribution >= 0.6 is 11.6 Å². The summed E-state index contributed by atoms with van der Waals surface area (Å²) in [6, 6.07) is 5.24. The maximum absolute atomic E-state index is 6.74. The quantitative estimate of drug-likeness (QED) is 0.510. The number of nitrogens with zero attached hydrogens (tertiary/aromatic N) is 5. The Morgan fingerprint density at radius 3 is 2.77 bits per heavy atom. The van der Waals surface area contributed by atoms with Gasteiger partial charge in [-0.1, -0.05) is 17.7 Å². The zero-order chi connectivity index (χ0) is 20.4. The van der Waals surface area contributed by atoms with Crippen molar-refractivity contribution in [2.75, 3.05) is 4.90 Å². The molecule has 0 aliphatic carbocycles. The highest BCUT2D eigenvalue weighted by Crippen LogP contribution is 2.39. The van der Waals surface area contributed by atoms with Gasteiger partial charge in [-0.3, -0.25) is 4.68 Å². The van der Waals surface area contributed by atoms with Crippen molar-refractivity contribution in [1.82, 2.24) is 24.7 Å². The topological polar surface area (TPSA) is 88.7 Å². The number of nitrogens with two attached hydrogens (primary N) is 1. The number of rotatable bonds is 2. The molecule has 0 unspecified atom stereocenters. The summed E-state index contributed by atoms with van der Waals surface area (Å²) in [6.07, 6.45) is 11.5. The average Bonchev–Trinajstić information content (AvgIpc) is 3.30. The van der Waals surface area contributed by atoms with E-state index in [4.69, 9.17) is 27.3 Å². The van der Waals surface area contributed by atoms with Crippen molar-refractivity contribution in [1.29, 1.82) is 0 Å². The lowest BCUT2D eigenvalue weighted by molar-refractivity contribution is 0.269. The first-order valence-electron chi connectivity index (χ1n) is 10.6. The summed E-state index contributed by atoms with van der Waals surface area (Å²) in [5, 5.41) is 6.06. The molecule has 2 bridgehead atoms. The number of piperidine rings is 2. The number of nitrogens with one attached hydrogen (secondary N) is 1. The first-order valence-corrected chi connectivity index (χ1v) is 11.0. The molecular formula is C22H24ClN7. The molecule has 2 fully saturated rings. The maximum Gasteiger partial charge on any atom is 0.159 e. The van der Waals surface area contributed by atoms with Gasteiger partial charge >= 0.3 is 0 Å². The molecule has 1 aromatic carbocycles. The molecule has 2 aliphatic rings. The Morgan fingerprint density at radius 1 is 1.17 bits per heavy atom. The molecule has 6 rings (SSSR count). The van der Waals surface area contributed by atoms with Crippen LogP contribution in [0.15, 0.2) is 30.7 Å². The second-order valence-corrected chi connectivity index (χ2v) is 9.05. The number of aryl methyl sites for hydroxylation is 1. The van der Waals surface area contributed by atoms with Gasteiger partial charge < -0.3 is 15.6 Å². The van der Waals surface area contributed by atoms with Crippen LogP contribution in [0, 0.1) is 0 Å². The predicted molar refractivity (Wildman–Crippen MR) is 120 cm³/mol. The Hall–Kier alpha value is -2.64. The number of H-pyrrole nitrogens is 1. The summed E-state index contributed by atoms with van der Waals surface area (Å²) in [7, 11) is 1.90. The Bertz CT molecular complexity index is 1250. The predicted octanol–water partition coefficient (Wildman–Crippen LogP) is 4.01. The van der Waals surface area contributed by atoms with E-state index in [-0.39, 0.29) is 0 Å². The fourth-order valence-electron chi connectivity index (χ4n) is 5.40. The van der Waals surface area contributed by atoms with Gasteiger partial charge in [-0.15, -0.1) is 0 Å². The Morgan fingerprint density at radius 2 is 1.97 bits per heavy atom. The van der Waals surface area contributed by atoms with Crippen molar-refractivity contribution in [3.8, 4) is 11.1 Å². The van der Waals surface area contributed by atoms with E-state index in [0.29, 0.717) is 23.1 Å². The zero-order valence-electron chi connectivity index (χ0n) is 16.8. The van der Waals surface area contributed by atoms with E-state index in [1.807, 2.05) is 37.8 Å². The summed E-state index contributed by atoms with van der Waals surface area (Å²) < 4.78 is 1.78. The molecule has 0 amide bonds. The first kappa shape index (κ1) is 18.2. The lowest BCUT2D eigenvalue weighted by atomic mass is 9.82. The second-order valence-electron chi connectivity index (χ2n) is 8.67. The van der Waals surface area contributed by atoms with Gasteiger partial charge in [-0.05, 0) is 38.2 Å². The lowest BCUT2D eigenvalue weighted by Gasteiger charge is -2.48. The molecule has 0 radical (unpaired) electrons. The Balaban J connectivity index is 1.42. The minimum absolute atomic E-state index is 0.301. The molecule has 2 aliphatic heterocycles. The summed E-state index contributed by atoms with van der Waals surface area (Å²) >= 11 is 6.74. The number of halogens is 1. The summed E-state index contributed by atoms with van der Waals surface area (Å²) in [6.45, 7) is 0. The molecule has 154 valence electrons. The van der Waals surface area contributed by atoms with Crippen molar-refractivity contribution in [2.24, 2.45) is 12.8 Å². The maximum atomic E-state index is 6.74. The van der Waals surface area contributed by atoms with Crippen molar-refractivity contribution in [3.63, 3.8) is 0 Å². The SMILES string of the molecule is Cn1cc2c(Cl)c(-c3c[nH]c4nc(N5[C@@H]6CCC[C@H]5C[C@@H](N)C6)cnc34)ccc2n1. The molecule has 5 heterocycles. The van der Waals surface area contributed by atoms with Crippen LogP contribution < -0.4 is 10.6 Å². The molecule has 2 saturated heterocycles. The van der Waals surface area contributed by atoms with Crippen molar-refractivity contribution in [2.45, 2.75) is 50.2 Å². The highest BCUT2D eigenvalue weighted by molar-refractivity contribution is 6.38. The van der Waals surface area contributed by atoms with Crippen LogP contribution in [0.5, 0.6) is 0 Å². The van der Waals surface area contributed by atoms with Gasteiger partial charge in [0.05, 0.1) is 16.7 Å². The van der Waals surface area contributed by atoms with Crippen molar-refractivity contribution < 1.29 is 0 Å². The number of fused-ring (bicyclic) bond motifs is 4. The minimum Gasteiger partial charge on any atom is -0.349 e. The van der Waals surface area contributed by atoms with E-state index >= 15 is 0 Å². The van der Waals surface area contributed by atoms with E-state index < -0.39 is 0 Å². The number of anilines is 1. The van der Waals surface area contributed by atoms with Gasteiger partial charge in [-0.2, -0.15) is 5.10 Å². The molecule has 30 heavy (non-hydrogen) atoms. The monoisotopic (exact) mass is 421 g/mol.